The molecule has 0 aliphatic heterocycles. The van der Waals surface area contributed by atoms with E-state index in [1.807, 2.05) is 0 Å². The van der Waals surface area contributed by atoms with Crippen LogP contribution in [0, 0.1) is 5.92 Å². The van der Waals surface area contributed by atoms with E-state index in [-0.39, 0.29) is 0 Å². The van der Waals surface area contributed by atoms with E-state index in [0.717, 1.165) is 37.8 Å². The van der Waals surface area contributed by atoms with Crippen LogP contribution in [0.2, 0.25) is 0 Å². The first kappa shape index (κ1) is 15.8. The van der Waals surface area contributed by atoms with Crippen molar-refractivity contribution in [1.29, 1.82) is 0 Å². The Morgan fingerprint density at radius 2 is 1.85 bits per heavy atom. The maximum absolute atomic E-state index is 12.7. The summed E-state index contributed by atoms with van der Waals surface area (Å²) in [6, 6.07) is 3.45. The van der Waals surface area contributed by atoms with E-state index in [4.69, 9.17) is 0 Å². The van der Waals surface area contributed by atoms with Crippen molar-refractivity contribution in [2.24, 2.45) is 5.92 Å². The molecular formula is C15H18BrF3O. The van der Waals surface area contributed by atoms with Gasteiger partial charge in [0.15, 0.2) is 0 Å². The van der Waals surface area contributed by atoms with Crippen molar-refractivity contribution in [2.45, 2.75) is 50.8 Å². The van der Waals surface area contributed by atoms with Gasteiger partial charge in [0.25, 0.3) is 0 Å². The molecule has 112 valence electrons. The molecule has 1 aromatic rings. The van der Waals surface area contributed by atoms with E-state index in [1.165, 1.54) is 12.5 Å². The number of hydrogen-bond donors (Lipinski definition) is 1. The van der Waals surface area contributed by atoms with Gasteiger partial charge in [0.05, 0.1) is 11.7 Å². The van der Waals surface area contributed by atoms with Crippen molar-refractivity contribution in [2.75, 3.05) is 0 Å². The quantitative estimate of drug-likeness (QED) is 0.765. The monoisotopic (exact) mass is 350 g/mol. The molecular weight excluding hydrogens is 333 g/mol. The Kier molecular flexibility index (Phi) is 5.13. The van der Waals surface area contributed by atoms with Crippen LogP contribution in [0.25, 0.3) is 0 Å². The Hall–Kier alpha value is -0.550. The molecule has 1 aromatic carbocycles. The minimum atomic E-state index is -4.37. The van der Waals surface area contributed by atoms with E-state index < -0.39 is 17.8 Å². The maximum atomic E-state index is 12.7. The first-order chi connectivity index (χ1) is 9.38. The predicted molar refractivity (Wildman–Crippen MR) is 75.3 cm³/mol. The van der Waals surface area contributed by atoms with Crippen LogP contribution >= 0.6 is 15.9 Å². The molecule has 0 saturated heterocycles. The van der Waals surface area contributed by atoms with Crippen molar-refractivity contribution >= 4 is 15.9 Å². The molecule has 0 radical (unpaired) electrons. The molecule has 0 aromatic heterocycles. The van der Waals surface area contributed by atoms with Gasteiger partial charge in [0.1, 0.15) is 0 Å². The molecule has 2 rings (SSSR count). The highest BCUT2D eigenvalue weighted by molar-refractivity contribution is 9.10. The number of aliphatic hydroxyl groups excluding tert-OH is 1. The molecule has 0 spiro atoms. The SMILES string of the molecule is OC(CC1CCCCC1)c1cc(C(F)(F)F)ccc1Br. The number of halogens is 4. The van der Waals surface area contributed by atoms with E-state index in [9.17, 15) is 18.3 Å². The zero-order chi connectivity index (χ0) is 14.8. The fourth-order valence-corrected chi connectivity index (χ4v) is 3.35. The van der Waals surface area contributed by atoms with Crippen LogP contribution in [0.5, 0.6) is 0 Å². The van der Waals surface area contributed by atoms with E-state index in [1.54, 1.807) is 0 Å². The summed E-state index contributed by atoms with van der Waals surface area (Å²) in [6.07, 6.45) is 0.985. The molecule has 1 unspecified atom stereocenters. The molecule has 1 aliphatic carbocycles. The van der Waals surface area contributed by atoms with Crippen molar-refractivity contribution in [3.05, 3.63) is 33.8 Å². The Balaban J connectivity index is 2.13. The standard InChI is InChI=1S/C15H18BrF3O/c16-13-7-6-11(15(17,18)19)9-12(13)14(20)8-10-4-2-1-3-5-10/h6-7,9-10,14,20H,1-5,8H2. The molecule has 0 bridgehead atoms. The van der Waals surface area contributed by atoms with E-state index in [0.29, 0.717) is 22.4 Å². The summed E-state index contributed by atoms with van der Waals surface area (Å²) in [4.78, 5) is 0. The first-order valence-electron chi connectivity index (χ1n) is 6.92. The van der Waals surface area contributed by atoms with Gasteiger partial charge in [0, 0.05) is 4.47 Å². The fourth-order valence-electron chi connectivity index (χ4n) is 2.84. The minimum absolute atomic E-state index is 0.338. The van der Waals surface area contributed by atoms with Gasteiger partial charge in [-0.15, -0.1) is 0 Å². The molecule has 0 heterocycles. The average molecular weight is 351 g/mol. The topological polar surface area (TPSA) is 20.2 Å². The zero-order valence-electron chi connectivity index (χ0n) is 11.1. The van der Waals surface area contributed by atoms with Crippen LogP contribution < -0.4 is 0 Å². The molecule has 1 fully saturated rings. The van der Waals surface area contributed by atoms with Gasteiger partial charge >= 0.3 is 6.18 Å². The van der Waals surface area contributed by atoms with Crippen LogP contribution in [-0.4, -0.2) is 5.11 Å². The van der Waals surface area contributed by atoms with E-state index >= 15 is 0 Å². The van der Waals surface area contributed by atoms with Crippen LogP contribution in [-0.2, 0) is 6.18 Å². The Morgan fingerprint density at radius 3 is 2.45 bits per heavy atom. The second kappa shape index (κ2) is 6.48. The molecule has 1 N–H and O–H groups in total. The molecule has 0 amide bonds. The summed E-state index contributed by atoms with van der Waals surface area (Å²) in [6.45, 7) is 0. The molecule has 1 nitrogen and oxygen atoms in total. The average Bonchev–Trinajstić information content (AvgIpc) is 2.39. The Bertz CT molecular complexity index is 453. The lowest BCUT2D eigenvalue weighted by molar-refractivity contribution is -0.137. The van der Waals surface area contributed by atoms with Gasteiger partial charge in [0.2, 0.25) is 0 Å². The van der Waals surface area contributed by atoms with E-state index in [2.05, 4.69) is 15.9 Å². The third kappa shape index (κ3) is 3.98. The van der Waals surface area contributed by atoms with Crippen molar-refractivity contribution < 1.29 is 18.3 Å². The number of rotatable bonds is 3. The van der Waals surface area contributed by atoms with Gasteiger partial charge < -0.3 is 5.11 Å². The highest BCUT2D eigenvalue weighted by Crippen LogP contribution is 2.37. The highest BCUT2D eigenvalue weighted by Gasteiger charge is 2.31. The van der Waals surface area contributed by atoms with Crippen LogP contribution in [0.4, 0.5) is 13.2 Å². The predicted octanol–water partition coefficient (Wildman–Crippen LogP) is 5.47. The zero-order valence-corrected chi connectivity index (χ0v) is 12.7. The number of aliphatic hydroxyl groups is 1. The summed E-state index contributed by atoms with van der Waals surface area (Å²) >= 11 is 3.24. The third-order valence-electron chi connectivity index (χ3n) is 3.96. The summed E-state index contributed by atoms with van der Waals surface area (Å²) in [5.41, 5.74) is -0.371. The van der Waals surface area contributed by atoms with Crippen molar-refractivity contribution in [3.63, 3.8) is 0 Å². The second-order valence-electron chi connectivity index (χ2n) is 5.49. The number of alkyl halides is 3. The second-order valence-corrected chi connectivity index (χ2v) is 6.34. The largest absolute Gasteiger partial charge is 0.416 e. The lowest BCUT2D eigenvalue weighted by Crippen LogP contribution is -2.13. The van der Waals surface area contributed by atoms with Gasteiger partial charge in [-0.1, -0.05) is 48.0 Å². The lowest BCUT2D eigenvalue weighted by atomic mass is 9.84. The summed E-state index contributed by atoms with van der Waals surface area (Å²) < 4.78 is 38.7. The highest BCUT2D eigenvalue weighted by atomic mass is 79.9. The lowest BCUT2D eigenvalue weighted by Gasteiger charge is -2.25. The summed E-state index contributed by atoms with van der Waals surface area (Å²) in [7, 11) is 0. The Labute approximate surface area is 125 Å². The van der Waals surface area contributed by atoms with Crippen molar-refractivity contribution in [1.82, 2.24) is 0 Å². The van der Waals surface area contributed by atoms with Crippen molar-refractivity contribution in [3.8, 4) is 0 Å². The van der Waals surface area contributed by atoms with Crippen LogP contribution in [0.3, 0.4) is 0 Å². The van der Waals surface area contributed by atoms with Gasteiger partial charge in [-0.3, -0.25) is 0 Å². The minimum Gasteiger partial charge on any atom is -0.388 e. The number of hydrogen-bond acceptors (Lipinski definition) is 1. The van der Waals surface area contributed by atoms with Crippen LogP contribution in [0.1, 0.15) is 55.8 Å². The smallest absolute Gasteiger partial charge is 0.388 e. The Morgan fingerprint density at radius 1 is 1.20 bits per heavy atom. The molecule has 1 aliphatic rings. The molecule has 1 atom stereocenters. The summed E-state index contributed by atoms with van der Waals surface area (Å²) in [5.74, 6) is 0.417. The van der Waals surface area contributed by atoms with Gasteiger partial charge in [-0.2, -0.15) is 13.2 Å². The number of benzene rings is 1. The summed E-state index contributed by atoms with van der Waals surface area (Å²) in [5, 5.41) is 10.2. The maximum Gasteiger partial charge on any atom is 0.416 e. The molecule has 5 heteroatoms. The molecule has 20 heavy (non-hydrogen) atoms. The van der Waals surface area contributed by atoms with Gasteiger partial charge in [-0.25, -0.2) is 0 Å². The molecule has 1 saturated carbocycles. The van der Waals surface area contributed by atoms with Gasteiger partial charge in [-0.05, 0) is 36.1 Å². The first-order valence-corrected chi connectivity index (χ1v) is 7.72. The van der Waals surface area contributed by atoms with Crippen LogP contribution in [0.15, 0.2) is 22.7 Å². The normalized spacial score (nSPS) is 19.1. The third-order valence-corrected chi connectivity index (χ3v) is 4.69. The fraction of sp³-hybridized carbons (Fsp3) is 0.600.